The Morgan fingerprint density at radius 2 is 1.80 bits per heavy atom. The Labute approximate surface area is 66.1 Å². The number of hydrogen-bond donors (Lipinski definition) is 1. The lowest BCUT2D eigenvalue weighted by Crippen LogP contribution is -1.89. The maximum atomic E-state index is 5.04. The number of aromatic amines is 1. The SMILES string of the molecule is Cc1c[nH]c(=S)c(C)c1C. The molecule has 1 rings (SSSR count). The third kappa shape index (κ3) is 1.12. The van der Waals surface area contributed by atoms with Crippen molar-refractivity contribution in [2.75, 3.05) is 0 Å². The van der Waals surface area contributed by atoms with Crippen molar-refractivity contribution in [3.05, 3.63) is 27.5 Å². The third-order valence-corrected chi connectivity index (χ3v) is 2.34. The molecule has 0 spiro atoms. The zero-order chi connectivity index (χ0) is 7.72. The van der Waals surface area contributed by atoms with Crippen molar-refractivity contribution in [1.82, 2.24) is 4.98 Å². The molecule has 0 bridgehead atoms. The highest BCUT2D eigenvalue weighted by Crippen LogP contribution is 2.10. The number of nitrogens with one attached hydrogen (secondary N) is 1. The maximum absolute atomic E-state index is 5.04. The van der Waals surface area contributed by atoms with Crippen LogP contribution in [0.3, 0.4) is 0 Å². The van der Waals surface area contributed by atoms with Gasteiger partial charge in [-0.2, -0.15) is 0 Å². The number of rotatable bonds is 0. The zero-order valence-electron chi connectivity index (χ0n) is 6.49. The van der Waals surface area contributed by atoms with Crippen LogP contribution < -0.4 is 0 Å². The first-order valence-corrected chi connectivity index (χ1v) is 3.69. The van der Waals surface area contributed by atoms with Crippen molar-refractivity contribution in [1.29, 1.82) is 0 Å². The minimum absolute atomic E-state index is 0.850. The van der Waals surface area contributed by atoms with E-state index in [1.807, 2.05) is 13.1 Å². The van der Waals surface area contributed by atoms with E-state index in [0.29, 0.717) is 0 Å². The summed E-state index contributed by atoms with van der Waals surface area (Å²) >= 11 is 5.04. The van der Waals surface area contributed by atoms with Crippen LogP contribution in [0.5, 0.6) is 0 Å². The molecule has 2 heteroatoms. The van der Waals surface area contributed by atoms with Gasteiger partial charge in [0.05, 0.1) is 0 Å². The first-order valence-electron chi connectivity index (χ1n) is 3.28. The van der Waals surface area contributed by atoms with E-state index in [1.54, 1.807) is 0 Å². The lowest BCUT2D eigenvalue weighted by atomic mass is 10.1. The molecule has 1 nitrogen and oxygen atoms in total. The summed E-state index contributed by atoms with van der Waals surface area (Å²) < 4.78 is 0.850. The largest absolute Gasteiger partial charge is 0.352 e. The molecule has 0 aliphatic carbocycles. The fourth-order valence-corrected chi connectivity index (χ4v) is 1.07. The Balaban J connectivity index is 3.49. The van der Waals surface area contributed by atoms with Gasteiger partial charge >= 0.3 is 0 Å². The van der Waals surface area contributed by atoms with Crippen molar-refractivity contribution in [3.8, 4) is 0 Å². The predicted octanol–water partition coefficient (Wildman–Crippen LogP) is 2.67. The van der Waals surface area contributed by atoms with Crippen LogP contribution in [0.15, 0.2) is 6.20 Å². The van der Waals surface area contributed by atoms with Gasteiger partial charge < -0.3 is 4.98 Å². The van der Waals surface area contributed by atoms with Gasteiger partial charge in [0.25, 0.3) is 0 Å². The van der Waals surface area contributed by atoms with Crippen LogP contribution in [0.25, 0.3) is 0 Å². The van der Waals surface area contributed by atoms with E-state index in [1.165, 1.54) is 16.7 Å². The molecule has 0 aromatic carbocycles. The summed E-state index contributed by atoms with van der Waals surface area (Å²) in [5.41, 5.74) is 3.75. The molecule has 0 aliphatic rings. The molecule has 0 saturated carbocycles. The summed E-state index contributed by atoms with van der Waals surface area (Å²) in [5.74, 6) is 0. The van der Waals surface area contributed by atoms with Crippen molar-refractivity contribution >= 4 is 12.2 Å². The fourth-order valence-electron chi connectivity index (χ4n) is 0.856. The van der Waals surface area contributed by atoms with Crippen LogP contribution in [0.2, 0.25) is 0 Å². The topological polar surface area (TPSA) is 15.8 Å². The Morgan fingerprint density at radius 1 is 1.20 bits per heavy atom. The number of aromatic nitrogens is 1. The van der Waals surface area contributed by atoms with Gasteiger partial charge in [0.1, 0.15) is 4.64 Å². The van der Waals surface area contributed by atoms with Gasteiger partial charge in [-0.1, -0.05) is 12.2 Å². The van der Waals surface area contributed by atoms with Gasteiger partial charge in [0.15, 0.2) is 0 Å². The summed E-state index contributed by atoms with van der Waals surface area (Å²) in [7, 11) is 0. The molecule has 0 atom stereocenters. The van der Waals surface area contributed by atoms with Gasteiger partial charge in [0.2, 0.25) is 0 Å². The van der Waals surface area contributed by atoms with Crippen LogP contribution in [0.1, 0.15) is 16.7 Å². The quantitative estimate of drug-likeness (QED) is 0.566. The molecule has 0 radical (unpaired) electrons. The van der Waals surface area contributed by atoms with E-state index >= 15 is 0 Å². The molecular formula is C8H11NS. The standard InChI is InChI=1S/C8H11NS/c1-5-4-9-8(10)7(3)6(5)2/h4H,1-3H3,(H,9,10). The molecule has 0 fully saturated rings. The van der Waals surface area contributed by atoms with E-state index in [9.17, 15) is 0 Å². The Bertz CT molecular complexity index is 299. The van der Waals surface area contributed by atoms with E-state index in [4.69, 9.17) is 12.2 Å². The van der Waals surface area contributed by atoms with Gasteiger partial charge in [-0.3, -0.25) is 0 Å². The highest BCUT2D eigenvalue weighted by Gasteiger charge is 1.95. The molecule has 0 unspecified atom stereocenters. The zero-order valence-corrected chi connectivity index (χ0v) is 7.30. The molecule has 10 heavy (non-hydrogen) atoms. The molecule has 1 aromatic rings. The van der Waals surface area contributed by atoms with Crippen molar-refractivity contribution < 1.29 is 0 Å². The second kappa shape index (κ2) is 2.54. The van der Waals surface area contributed by atoms with E-state index in [2.05, 4.69) is 18.8 Å². The van der Waals surface area contributed by atoms with Gasteiger partial charge in [0, 0.05) is 6.20 Å². The molecule has 0 aliphatic heterocycles. The first-order chi connectivity index (χ1) is 4.63. The number of H-pyrrole nitrogens is 1. The van der Waals surface area contributed by atoms with Crippen molar-refractivity contribution in [2.45, 2.75) is 20.8 Å². The summed E-state index contributed by atoms with van der Waals surface area (Å²) in [6.45, 7) is 6.21. The molecule has 54 valence electrons. The molecule has 0 amide bonds. The molecule has 0 saturated heterocycles. The van der Waals surface area contributed by atoms with Crippen LogP contribution >= 0.6 is 12.2 Å². The Hall–Kier alpha value is -0.630. The summed E-state index contributed by atoms with van der Waals surface area (Å²) in [5, 5.41) is 0. The fraction of sp³-hybridized carbons (Fsp3) is 0.375. The van der Waals surface area contributed by atoms with Crippen molar-refractivity contribution in [3.63, 3.8) is 0 Å². The monoisotopic (exact) mass is 153 g/mol. The predicted molar refractivity (Wildman–Crippen MR) is 45.8 cm³/mol. The Kier molecular flexibility index (Phi) is 1.90. The number of aryl methyl sites for hydroxylation is 1. The summed E-state index contributed by atoms with van der Waals surface area (Å²) in [6, 6.07) is 0. The average Bonchev–Trinajstić information content (AvgIpc) is 1.93. The number of pyridine rings is 1. The molecule has 1 N–H and O–H groups in total. The maximum Gasteiger partial charge on any atom is 0.106 e. The summed E-state index contributed by atoms with van der Waals surface area (Å²) in [6.07, 6.45) is 1.95. The average molecular weight is 153 g/mol. The normalized spacial score (nSPS) is 9.90. The van der Waals surface area contributed by atoms with Crippen LogP contribution in [0.4, 0.5) is 0 Å². The van der Waals surface area contributed by atoms with Crippen LogP contribution in [-0.4, -0.2) is 4.98 Å². The number of hydrogen-bond acceptors (Lipinski definition) is 1. The lowest BCUT2D eigenvalue weighted by molar-refractivity contribution is 1.14. The second-order valence-electron chi connectivity index (χ2n) is 2.55. The minimum atomic E-state index is 0.850. The van der Waals surface area contributed by atoms with Gasteiger partial charge in [-0.15, -0.1) is 0 Å². The van der Waals surface area contributed by atoms with Gasteiger partial charge in [-0.25, -0.2) is 0 Å². The van der Waals surface area contributed by atoms with Crippen LogP contribution in [0, 0.1) is 25.4 Å². The van der Waals surface area contributed by atoms with E-state index in [0.717, 1.165) is 4.64 Å². The van der Waals surface area contributed by atoms with Gasteiger partial charge in [-0.05, 0) is 37.5 Å². The molecule has 1 heterocycles. The highest BCUT2D eigenvalue weighted by atomic mass is 32.1. The highest BCUT2D eigenvalue weighted by molar-refractivity contribution is 7.71. The Morgan fingerprint density at radius 3 is 2.30 bits per heavy atom. The van der Waals surface area contributed by atoms with Crippen molar-refractivity contribution in [2.24, 2.45) is 0 Å². The lowest BCUT2D eigenvalue weighted by Gasteiger charge is -2.02. The van der Waals surface area contributed by atoms with Crippen LogP contribution in [-0.2, 0) is 0 Å². The third-order valence-electron chi connectivity index (χ3n) is 1.91. The van der Waals surface area contributed by atoms with E-state index < -0.39 is 0 Å². The molecular weight excluding hydrogens is 142 g/mol. The summed E-state index contributed by atoms with van der Waals surface area (Å²) in [4.78, 5) is 3.02. The minimum Gasteiger partial charge on any atom is -0.352 e. The van der Waals surface area contributed by atoms with E-state index in [-0.39, 0.29) is 0 Å². The first kappa shape index (κ1) is 7.48. The molecule has 1 aromatic heterocycles. The second-order valence-corrected chi connectivity index (χ2v) is 2.96. The smallest absolute Gasteiger partial charge is 0.106 e.